The summed E-state index contributed by atoms with van der Waals surface area (Å²) < 4.78 is 30.4. The molecular weight excluding hydrogens is 368 g/mol. The second-order valence-electron chi connectivity index (χ2n) is 5.64. The molecule has 27 heavy (non-hydrogen) atoms. The molecule has 0 saturated carbocycles. The summed E-state index contributed by atoms with van der Waals surface area (Å²) in [5, 5.41) is 0. The molecule has 0 bridgehead atoms. The van der Waals surface area contributed by atoms with Crippen molar-refractivity contribution in [2.45, 2.75) is 58.2 Å². The Morgan fingerprint density at radius 2 is 1.22 bits per heavy atom. The molecule has 0 aliphatic carbocycles. The Morgan fingerprint density at radius 3 is 1.67 bits per heavy atom. The fourth-order valence-electron chi connectivity index (χ4n) is 2.53. The van der Waals surface area contributed by atoms with E-state index in [0.717, 1.165) is 34.8 Å². The van der Waals surface area contributed by atoms with Crippen LogP contribution in [0.25, 0.3) is 0 Å². The van der Waals surface area contributed by atoms with Crippen molar-refractivity contribution in [2.75, 3.05) is 13.7 Å². The predicted octanol–water partition coefficient (Wildman–Crippen LogP) is -0.715. The first-order chi connectivity index (χ1) is 12.6. The molecule has 0 aromatic heterocycles. The first-order valence-corrected chi connectivity index (χ1v) is 7.95. The highest BCUT2D eigenvalue weighted by Crippen LogP contribution is 2.29. The van der Waals surface area contributed by atoms with E-state index in [4.69, 9.17) is 23.7 Å². The lowest BCUT2D eigenvalue weighted by Crippen LogP contribution is -2.64. The third-order valence-electron chi connectivity index (χ3n) is 3.42. The minimum absolute atomic E-state index is 0.411. The van der Waals surface area contributed by atoms with Crippen molar-refractivity contribution < 1.29 is 52.4 Å². The molecule has 0 N–H and O–H groups in total. The molecule has 1 heterocycles. The van der Waals surface area contributed by atoms with Crippen molar-refractivity contribution in [3.63, 3.8) is 0 Å². The lowest BCUT2D eigenvalue weighted by atomic mass is 9.94. The molecule has 0 aromatic rings. The maximum Gasteiger partial charge on any atom is 0.339 e. The molecule has 11 heteroatoms. The van der Waals surface area contributed by atoms with Crippen molar-refractivity contribution in [1.82, 2.24) is 0 Å². The van der Waals surface area contributed by atoms with Gasteiger partial charge in [-0.15, -0.1) is 0 Å². The van der Waals surface area contributed by atoms with Gasteiger partial charge in [0, 0.05) is 27.7 Å². The Bertz CT molecular complexity index is 599. The van der Waals surface area contributed by atoms with Crippen LogP contribution in [0.15, 0.2) is 0 Å². The van der Waals surface area contributed by atoms with E-state index in [1.54, 1.807) is 0 Å². The van der Waals surface area contributed by atoms with E-state index in [2.05, 4.69) is 4.74 Å². The van der Waals surface area contributed by atoms with Gasteiger partial charge in [0.1, 0.15) is 12.7 Å². The molecule has 1 rings (SSSR count). The van der Waals surface area contributed by atoms with Crippen molar-refractivity contribution in [3.05, 3.63) is 0 Å². The molecule has 1 aliphatic heterocycles. The maximum atomic E-state index is 12.1. The lowest BCUT2D eigenvalue weighted by molar-refractivity contribution is -0.253. The zero-order valence-electron chi connectivity index (χ0n) is 15.6. The summed E-state index contributed by atoms with van der Waals surface area (Å²) in [7, 11) is 1.08. The van der Waals surface area contributed by atoms with E-state index in [9.17, 15) is 24.0 Å². The van der Waals surface area contributed by atoms with E-state index >= 15 is 0 Å². The van der Waals surface area contributed by atoms with Crippen LogP contribution in [0.3, 0.4) is 0 Å². The van der Waals surface area contributed by atoms with Crippen LogP contribution < -0.4 is 0 Å². The van der Waals surface area contributed by atoms with Crippen molar-refractivity contribution in [1.29, 1.82) is 0 Å². The van der Waals surface area contributed by atoms with Crippen LogP contribution in [-0.2, 0) is 52.4 Å². The molecule has 0 radical (unpaired) electrons. The van der Waals surface area contributed by atoms with Crippen LogP contribution in [0.1, 0.15) is 27.7 Å². The van der Waals surface area contributed by atoms with Gasteiger partial charge in [0.25, 0.3) is 0 Å². The predicted molar refractivity (Wildman–Crippen MR) is 84.0 cm³/mol. The average molecular weight is 390 g/mol. The molecule has 1 aliphatic rings. The fraction of sp³-hybridized carbons (Fsp3) is 0.688. The Labute approximate surface area is 155 Å². The molecular formula is C16H22O11. The topological polar surface area (TPSA) is 141 Å². The van der Waals surface area contributed by atoms with E-state index in [-0.39, 0.29) is 0 Å². The van der Waals surface area contributed by atoms with E-state index in [1.807, 2.05) is 0 Å². The third kappa shape index (κ3) is 6.51. The van der Waals surface area contributed by atoms with Crippen molar-refractivity contribution in [3.8, 4) is 0 Å². The Kier molecular flexibility index (Phi) is 8.16. The summed E-state index contributed by atoms with van der Waals surface area (Å²) >= 11 is 0. The summed E-state index contributed by atoms with van der Waals surface area (Å²) in [5.41, 5.74) is 0. The highest BCUT2D eigenvalue weighted by molar-refractivity contribution is 5.77. The van der Waals surface area contributed by atoms with Gasteiger partial charge in [0.05, 0.1) is 7.11 Å². The van der Waals surface area contributed by atoms with Gasteiger partial charge < -0.3 is 28.4 Å². The number of hydrogen-bond acceptors (Lipinski definition) is 11. The van der Waals surface area contributed by atoms with E-state index in [1.165, 1.54) is 0 Å². The first kappa shape index (κ1) is 22.4. The first-order valence-electron chi connectivity index (χ1n) is 7.95. The van der Waals surface area contributed by atoms with Crippen LogP contribution in [-0.4, -0.2) is 74.1 Å². The molecule has 152 valence electrons. The molecule has 0 aromatic carbocycles. The van der Waals surface area contributed by atoms with Gasteiger partial charge in [-0.25, -0.2) is 4.79 Å². The van der Waals surface area contributed by atoms with Gasteiger partial charge in [0.2, 0.25) is 0 Å². The van der Waals surface area contributed by atoms with Gasteiger partial charge in [-0.3, -0.25) is 19.2 Å². The summed E-state index contributed by atoms with van der Waals surface area (Å²) in [5.74, 6) is -3.92. The summed E-state index contributed by atoms with van der Waals surface area (Å²) in [4.78, 5) is 57.8. The van der Waals surface area contributed by atoms with E-state index in [0.29, 0.717) is 0 Å². The highest BCUT2D eigenvalue weighted by atomic mass is 16.7. The SMILES string of the molecule is COC(=O)[C@@H]1O[C@H](COC(C)=O)[C@H](OC(C)=O)[C@@H](OC(C)=O)[C@H]1OC(C)=O. The fourth-order valence-corrected chi connectivity index (χ4v) is 2.53. The normalized spacial score (nSPS) is 27.1. The summed E-state index contributed by atoms with van der Waals surface area (Å²) in [6, 6.07) is 0. The van der Waals surface area contributed by atoms with Gasteiger partial charge in [-0.1, -0.05) is 0 Å². The molecule has 5 atom stereocenters. The highest BCUT2D eigenvalue weighted by Gasteiger charge is 2.54. The molecule has 0 amide bonds. The average Bonchev–Trinajstić information content (AvgIpc) is 2.54. The maximum absolute atomic E-state index is 12.1. The number of esters is 5. The van der Waals surface area contributed by atoms with Crippen LogP contribution in [0.2, 0.25) is 0 Å². The summed E-state index contributed by atoms with van der Waals surface area (Å²) in [6.07, 6.45) is -6.84. The number of ether oxygens (including phenoxy) is 6. The van der Waals surface area contributed by atoms with Crippen molar-refractivity contribution in [2.24, 2.45) is 0 Å². The largest absolute Gasteiger partial charge is 0.467 e. The van der Waals surface area contributed by atoms with Crippen molar-refractivity contribution >= 4 is 29.8 Å². The number of methoxy groups -OCH3 is 1. The van der Waals surface area contributed by atoms with Crippen LogP contribution in [0, 0.1) is 0 Å². The van der Waals surface area contributed by atoms with Crippen LogP contribution >= 0.6 is 0 Å². The number of carbonyl (C=O) groups is 5. The second kappa shape index (κ2) is 9.86. The van der Waals surface area contributed by atoms with Gasteiger partial charge >= 0.3 is 29.8 Å². The standard InChI is InChI=1S/C16H22O11/c1-7(17)23-6-11-12(24-8(2)18)13(25-9(3)19)14(26-10(4)20)15(27-11)16(21)22-5/h11-15H,6H2,1-5H3/t11-,12+,13-,14-,15-/m1/s1. The zero-order chi connectivity index (χ0) is 20.7. The minimum Gasteiger partial charge on any atom is -0.467 e. The third-order valence-corrected chi connectivity index (χ3v) is 3.42. The number of rotatable bonds is 6. The van der Waals surface area contributed by atoms with Crippen LogP contribution in [0.4, 0.5) is 0 Å². The minimum atomic E-state index is -1.50. The van der Waals surface area contributed by atoms with Gasteiger partial charge in [-0.2, -0.15) is 0 Å². The molecule has 11 nitrogen and oxygen atoms in total. The molecule has 1 saturated heterocycles. The van der Waals surface area contributed by atoms with Gasteiger partial charge in [0.15, 0.2) is 24.4 Å². The smallest absolute Gasteiger partial charge is 0.339 e. The van der Waals surface area contributed by atoms with E-state index < -0.39 is 67.0 Å². The Morgan fingerprint density at radius 1 is 0.741 bits per heavy atom. The molecule has 0 spiro atoms. The monoisotopic (exact) mass is 390 g/mol. The zero-order valence-corrected chi connectivity index (χ0v) is 15.6. The number of hydrogen-bond donors (Lipinski definition) is 0. The lowest BCUT2D eigenvalue weighted by Gasteiger charge is -2.43. The molecule has 1 fully saturated rings. The van der Waals surface area contributed by atoms with Gasteiger partial charge in [-0.05, 0) is 0 Å². The quantitative estimate of drug-likeness (QED) is 0.419. The summed E-state index contributed by atoms with van der Waals surface area (Å²) in [6.45, 7) is 3.99. The molecule has 0 unspecified atom stereocenters. The Hall–Kier alpha value is -2.69. The van der Waals surface area contributed by atoms with Crippen LogP contribution in [0.5, 0.6) is 0 Å². The second-order valence-corrected chi connectivity index (χ2v) is 5.64. The number of carbonyl (C=O) groups excluding carboxylic acids is 5. The Balaban J connectivity index is 3.33.